The van der Waals surface area contributed by atoms with Gasteiger partial charge in [-0.15, -0.1) is 5.06 Å². The highest BCUT2D eigenvalue weighted by Gasteiger charge is 2.32. The van der Waals surface area contributed by atoms with Crippen molar-refractivity contribution in [1.82, 2.24) is 10.5 Å². The number of hydrogen-bond acceptors (Lipinski definition) is 11. The molecule has 13 heteroatoms. The quantitative estimate of drug-likeness (QED) is 0.177. The second-order valence-corrected chi connectivity index (χ2v) is 7.70. The Kier molecular flexibility index (Phi) is 14.2. The third-order valence-corrected chi connectivity index (χ3v) is 3.65. The molecule has 1 heterocycles. The number of nitrogens with zero attached hydrogens (tertiary/aromatic N) is 1. The molecule has 0 atom stereocenters. The fourth-order valence-corrected chi connectivity index (χ4v) is 2.23. The lowest BCUT2D eigenvalue weighted by molar-refractivity contribution is -0.198. The summed E-state index contributed by atoms with van der Waals surface area (Å²) in [7, 11) is 0. The predicted molar refractivity (Wildman–Crippen MR) is 110 cm³/mol. The summed E-state index contributed by atoms with van der Waals surface area (Å²) < 4.78 is 26.2. The van der Waals surface area contributed by atoms with Crippen molar-refractivity contribution in [3.05, 3.63) is 0 Å². The molecule has 0 saturated carbocycles. The first-order valence-electron chi connectivity index (χ1n) is 10.7. The smallest absolute Gasteiger partial charge is 0.431 e. The van der Waals surface area contributed by atoms with E-state index in [9.17, 15) is 19.2 Å². The number of nitrogens with one attached hydrogen (secondary N) is 1. The van der Waals surface area contributed by atoms with Crippen molar-refractivity contribution in [2.45, 2.75) is 45.6 Å². The Hall–Kier alpha value is -2.32. The predicted octanol–water partition coefficient (Wildman–Crippen LogP) is 0.506. The summed E-state index contributed by atoms with van der Waals surface area (Å²) in [4.78, 5) is 55.2. The van der Waals surface area contributed by atoms with Gasteiger partial charge in [-0.05, 0) is 20.8 Å². The van der Waals surface area contributed by atoms with Gasteiger partial charge in [-0.25, -0.2) is 9.59 Å². The molecule has 0 radical (unpaired) electrons. The Labute approximate surface area is 192 Å². The Morgan fingerprint density at radius 2 is 1.24 bits per heavy atom. The average Bonchev–Trinajstić information content (AvgIpc) is 3.04. The topological polar surface area (TPSA) is 148 Å². The first-order valence-corrected chi connectivity index (χ1v) is 10.7. The van der Waals surface area contributed by atoms with Gasteiger partial charge in [0.15, 0.2) is 0 Å². The Bertz CT molecular complexity index is 606. The maximum absolute atomic E-state index is 11.6. The maximum Gasteiger partial charge on any atom is 0.431 e. The number of hydrogen-bond donors (Lipinski definition) is 1. The van der Waals surface area contributed by atoms with E-state index in [4.69, 9.17) is 33.4 Å². The second-order valence-electron chi connectivity index (χ2n) is 7.70. The zero-order valence-electron chi connectivity index (χ0n) is 19.4. The molecule has 0 aromatic heterocycles. The minimum atomic E-state index is -0.707. The van der Waals surface area contributed by atoms with Gasteiger partial charge in [-0.2, -0.15) is 5.48 Å². The van der Waals surface area contributed by atoms with E-state index >= 15 is 0 Å². The van der Waals surface area contributed by atoms with E-state index in [1.807, 2.05) is 0 Å². The summed E-state index contributed by atoms with van der Waals surface area (Å²) in [5.41, 5.74) is 1.57. The van der Waals surface area contributed by atoms with E-state index in [0.717, 1.165) is 0 Å². The Balaban J connectivity index is 1.79. The third kappa shape index (κ3) is 15.2. The van der Waals surface area contributed by atoms with Crippen LogP contribution >= 0.6 is 0 Å². The normalized spacial score (nSPS) is 14.0. The summed E-state index contributed by atoms with van der Waals surface area (Å²) in [6.07, 6.45) is -0.629. The number of carbonyl (C=O) groups is 4. The third-order valence-electron chi connectivity index (χ3n) is 3.65. The summed E-state index contributed by atoms with van der Waals surface area (Å²) in [6, 6.07) is 0. The molecule has 3 amide bonds. The van der Waals surface area contributed by atoms with Gasteiger partial charge in [0.2, 0.25) is 0 Å². The fourth-order valence-electron chi connectivity index (χ4n) is 2.23. The average molecular weight is 478 g/mol. The molecule has 0 aromatic rings. The van der Waals surface area contributed by atoms with Crippen LogP contribution in [0.3, 0.4) is 0 Å². The molecule has 1 fully saturated rings. The van der Waals surface area contributed by atoms with E-state index in [1.54, 1.807) is 20.8 Å². The number of ether oxygens (including phenoxy) is 5. The van der Waals surface area contributed by atoms with E-state index < -0.39 is 29.5 Å². The minimum absolute atomic E-state index is 0.0563. The molecular formula is C20H34N2O11. The fraction of sp³-hybridized carbons (Fsp3) is 0.800. The summed E-state index contributed by atoms with van der Waals surface area (Å²) >= 11 is 0. The molecule has 13 nitrogen and oxygen atoms in total. The lowest BCUT2D eigenvalue weighted by Gasteiger charge is -2.19. The van der Waals surface area contributed by atoms with Gasteiger partial charge in [0.05, 0.1) is 65.9 Å². The molecule has 0 aliphatic carbocycles. The van der Waals surface area contributed by atoms with Crippen LogP contribution in [0, 0.1) is 0 Å². The molecule has 0 spiro atoms. The molecular weight excluding hydrogens is 444 g/mol. The number of rotatable bonds is 17. The molecule has 33 heavy (non-hydrogen) atoms. The number of amides is 3. The van der Waals surface area contributed by atoms with Crippen LogP contribution in [0.25, 0.3) is 0 Å². The molecule has 0 aromatic carbocycles. The van der Waals surface area contributed by atoms with Gasteiger partial charge in [0.1, 0.15) is 5.60 Å². The van der Waals surface area contributed by atoms with Gasteiger partial charge in [0.25, 0.3) is 11.8 Å². The number of carbonyl (C=O) groups excluding carboxylic acids is 4. The van der Waals surface area contributed by atoms with Gasteiger partial charge in [-0.1, -0.05) is 0 Å². The van der Waals surface area contributed by atoms with Crippen LogP contribution in [-0.4, -0.2) is 94.0 Å². The zero-order chi connectivity index (χ0) is 24.5. The van der Waals surface area contributed by atoms with E-state index in [1.165, 1.54) is 0 Å². The molecule has 1 rings (SSSR count). The molecule has 190 valence electrons. The Morgan fingerprint density at radius 1 is 0.788 bits per heavy atom. The lowest BCUT2D eigenvalue weighted by atomic mass is 10.2. The van der Waals surface area contributed by atoms with E-state index in [0.29, 0.717) is 38.1 Å². The van der Waals surface area contributed by atoms with Gasteiger partial charge >= 0.3 is 12.1 Å². The highest BCUT2D eigenvalue weighted by Crippen LogP contribution is 2.12. The van der Waals surface area contributed by atoms with Crippen molar-refractivity contribution >= 4 is 23.9 Å². The number of imide groups is 1. The Morgan fingerprint density at radius 3 is 1.73 bits per heavy atom. The first-order chi connectivity index (χ1) is 15.7. The van der Waals surface area contributed by atoms with Crippen LogP contribution in [-0.2, 0) is 47.7 Å². The van der Waals surface area contributed by atoms with Crippen molar-refractivity contribution < 1.29 is 52.5 Å². The molecule has 1 N–H and O–H groups in total. The second kappa shape index (κ2) is 16.3. The van der Waals surface area contributed by atoms with Crippen LogP contribution < -0.4 is 5.48 Å². The lowest BCUT2D eigenvalue weighted by Crippen LogP contribution is -2.33. The van der Waals surface area contributed by atoms with Crippen LogP contribution in [0.15, 0.2) is 0 Å². The molecule has 1 aliphatic rings. The largest absolute Gasteiger partial charge is 0.442 e. The molecule has 1 saturated heterocycles. The molecule has 0 bridgehead atoms. The van der Waals surface area contributed by atoms with Crippen LogP contribution in [0.5, 0.6) is 0 Å². The van der Waals surface area contributed by atoms with Crippen molar-refractivity contribution in [2.75, 3.05) is 59.5 Å². The summed E-state index contributed by atoms with van der Waals surface area (Å²) in [5, 5.41) is 0.508. The minimum Gasteiger partial charge on any atom is -0.442 e. The van der Waals surface area contributed by atoms with Crippen LogP contribution in [0.2, 0.25) is 0 Å². The van der Waals surface area contributed by atoms with Crippen LogP contribution in [0.4, 0.5) is 4.79 Å². The van der Waals surface area contributed by atoms with Crippen molar-refractivity contribution in [3.63, 3.8) is 0 Å². The SMILES string of the molecule is CC(C)(C)OC(=O)NOCCOCCOCCOCCOCCC(=O)ON1C(=O)CCC1=O. The molecule has 0 unspecified atom stereocenters. The molecule has 1 aliphatic heterocycles. The van der Waals surface area contributed by atoms with Crippen LogP contribution in [0.1, 0.15) is 40.0 Å². The monoisotopic (exact) mass is 478 g/mol. The summed E-state index contributed by atoms with van der Waals surface area (Å²) in [5.74, 6) is -1.74. The van der Waals surface area contributed by atoms with E-state index in [-0.39, 0.29) is 45.7 Å². The number of hydroxylamine groups is 3. The van der Waals surface area contributed by atoms with Crippen molar-refractivity contribution in [1.29, 1.82) is 0 Å². The van der Waals surface area contributed by atoms with E-state index in [2.05, 4.69) is 5.48 Å². The van der Waals surface area contributed by atoms with Crippen molar-refractivity contribution in [2.24, 2.45) is 0 Å². The maximum atomic E-state index is 11.6. The highest BCUT2D eigenvalue weighted by atomic mass is 16.7. The zero-order valence-corrected chi connectivity index (χ0v) is 19.4. The van der Waals surface area contributed by atoms with Crippen molar-refractivity contribution in [3.8, 4) is 0 Å². The standard InChI is InChI=1S/C20H34N2O11/c1-20(2,3)32-19(26)21-31-15-14-30-13-12-29-11-10-28-9-8-27-7-6-18(25)33-22-16(23)4-5-17(22)24/h4-15H2,1-3H3,(H,21,26). The first kappa shape index (κ1) is 28.7. The van der Waals surface area contributed by atoms with Gasteiger partial charge in [-0.3, -0.25) is 14.4 Å². The van der Waals surface area contributed by atoms with Gasteiger partial charge < -0.3 is 28.5 Å². The summed E-state index contributed by atoms with van der Waals surface area (Å²) in [6.45, 7) is 7.89. The highest BCUT2D eigenvalue weighted by molar-refractivity contribution is 6.01. The van der Waals surface area contributed by atoms with Gasteiger partial charge in [0, 0.05) is 12.8 Å².